The molecule has 2 nitrogen and oxygen atoms in total. The number of anilines is 1. The minimum absolute atomic E-state index is 0.583. The van der Waals surface area contributed by atoms with Crippen LogP contribution in [0.1, 0.15) is 46.1 Å². The summed E-state index contributed by atoms with van der Waals surface area (Å²) in [4.78, 5) is 2.61. The number of hydrogen-bond donors (Lipinski definition) is 1. The van der Waals surface area contributed by atoms with Gasteiger partial charge in [-0.05, 0) is 62.4 Å². The van der Waals surface area contributed by atoms with Gasteiger partial charge in [0.25, 0.3) is 0 Å². The Morgan fingerprint density at radius 3 is 2.71 bits per heavy atom. The summed E-state index contributed by atoms with van der Waals surface area (Å²) in [6.45, 7) is 11.6. The van der Waals surface area contributed by atoms with Crippen LogP contribution in [0.25, 0.3) is 0 Å². The topological polar surface area (TPSA) is 15.3 Å². The molecule has 0 aromatic heterocycles. The van der Waals surface area contributed by atoms with Crippen LogP contribution in [0.5, 0.6) is 0 Å². The maximum absolute atomic E-state index is 3.73. The zero-order valence-corrected chi connectivity index (χ0v) is 15.4. The Morgan fingerprint density at radius 1 is 1.29 bits per heavy atom. The number of aryl methyl sites for hydroxylation is 1. The molecule has 1 heterocycles. The third-order valence-electron chi connectivity index (χ3n) is 4.96. The van der Waals surface area contributed by atoms with Gasteiger partial charge in [-0.15, -0.1) is 0 Å². The molecule has 21 heavy (non-hydrogen) atoms. The second kappa shape index (κ2) is 7.64. The summed E-state index contributed by atoms with van der Waals surface area (Å²) >= 11 is 3.60. The van der Waals surface area contributed by atoms with E-state index in [-0.39, 0.29) is 0 Å². The van der Waals surface area contributed by atoms with Crippen LogP contribution < -0.4 is 10.2 Å². The highest BCUT2D eigenvalue weighted by molar-refractivity contribution is 9.10. The molecule has 1 aromatic carbocycles. The summed E-state index contributed by atoms with van der Waals surface area (Å²) in [5, 5.41) is 3.73. The van der Waals surface area contributed by atoms with Crippen LogP contribution in [0.2, 0.25) is 0 Å². The lowest BCUT2D eigenvalue weighted by Crippen LogP contribution is -2.53. The van der Waals surface area contributed by atoms with Crippen LogP contribution in [0.3, 0.4) is 0 Å². The van der Waals surface area contributed by atoms with Crippen LogP contribution in [-0.2, 0) is 6.42 Å². The van der Waals surface area contributed by atoms with E-state index in [0.29, 0.717) is 18.0 Å². The second-order valence-electron chi connectivity index (χ2n) is 6.27. The van der Waals surface area contributed by atoms with Gasteiger partial charge in [0, 0.05) is 28.8 Å². The Balaban J connectivity index is 2.15. The molecule has 1 aliphatic rings. The van der Waals surface area contributed by atoms with E-state index in [9.17, 15) is 0 Å². The van der Waals surface area contributed by atoms with Crippen LogP contribution >= 0.6 is 15.9 Å². The molecule has 0 bridgehead atoms. The maximum Gasteiger partial charge on any atom is 0.0401 e. The zero-order chi connectivity index (χ0) is 15.4. The van der Waals surface area contributed by atoms with Crippen molar-refractivity contribution in [3.05, 3.63) is 28.2 Å². The third kappa shape index (κ3) is 3.81. The molecule has 0 aliphatic carbocycles. The summed E-state index contributed by atoms with van der Waals surface area (Å²) in [6.07, 6.45) is 3.54. The predicted octanol–water partition coefficient (Wildman–Crippen LogP) is 4.61. The van der Waals surface area contributed by atoms with Crippen molar-refractivity contribution in [1.29, 1.82) is 0 Å². The molecular weight excluding hydrogens is 324 g/mol. The molecule has 1 aliphatic heterocycles. The van der Waals surface area contributed by atoms with E-state index in [1.54, 1.807) is 0 Å². The Bertz CT molecular complexity index is 461. The highest BCUT2D eigenvalue weighted by Crippen LogP contribution is 2.32. The van der Waals surface area contributed by atoms with Crippen molar-refractivity contribution in [2.75, 3.05) is 18.0 Å². The van der Waals surface area contributed by atoms with E-state index in [1.165, 1.54) is 28.6 Å². The molecule has 0 radical (unpaired) electrons. The van der Waals surface area contributed by atoms with Gasteiger partial charge in [0.15, 0.2) is 0 Å². The van der Waals surface area contributed by atoms with Gasteiger partial charge in [-0.3, -0.25) is 0 Å². The molecule has 3 atom stereocenters. The molecule has 2 rings (SSSR count). The number of piperidine rings is 1. The first-order valence-electron chi connectivity index (χ1n) is 8.36. The molecule has 3 unspecified atom stereocenters. The van der Waals surface area contributed by atoms with Gasteiger partial charge in [-0.1, -0.05) is 36.7 Å². The Hall–Kier alpha value is -0.540. The molecule has 1 N–H and O–H groups in total. The average Bonchev–Trinajstić information content (AvgIpc) is 2.49. The van der Waals surface area contributed by atoms with Gasteiger partial charge >= 0.3 is 0 Å². The fourth-order valence-electron chi connectivity index (χ4n) is 3.44. The number of halogens is 1. The lowest BCUT2D eigenvalue weighted by Gasteiger charge is -2.45. The minimum Gasteiger partial charge on any atom is -0.368 e. The van der Waals surface area contributed by atoms with Gasteiger partial charge in [0.05, 0.1) is 0 Å². The summed E-state index contributed by atoms with van der Waals surface area (Å²) in [7, 11) is 0. The van der Waals surface area contributed by atoms with Crippen molar-refractivity contribution in [2.24, 2.45) is 5.92 Å². The van der Waals surface area contributed by atoms with E-state index in [2.05, 4.69) is 72.0 Å². The monoisotopic (exact) mass is 352 g/mol. The maximum atomic E-state index is 3.73. The van der Waals surface area contributed by atoms with E-state index < -0.39 is 0 Å². The molecular formula is C18H29BrN2. The third-order valence-corrected chi connectivity index (χ3v) is 5.45. The normalized spacial score (nSPS) is 26.1. The van der Waals surface area contributed by atoms with Crippen LogP contribution in [0.15, 0.2) is 22.7 Å². The first-order valence-corrected chi connectivity index (χ1v) is 9.16. The van der Waals surface area contributed by atoms with Gasteiger partial charge in [0.2, 0.25) is 0 Å². The molecule has 0 amide bonds. The quantitative estimate of drug-likeness (QED) is 0.831. The Kier molecular flexibility index (Phi) is 6.12. The molecule has 1 saturated heterocycles. The Labute approximate surface area is 138 Å². The van der Waals surface area contributed by atoms with Crippen molar-refractivity contribution in [3.8, 4) is 0 Å². The van der Waals surface area contributed by atoms with E-state index >= 15 is 0 Å². The molecule has 0 saturated carbocycles. The standard InChI is InChI=1S/C18H29BrN2/c1-5-10-20-17-9-11-21(14(4)13(17)3)18-8-7-16(19)12-15(18)6-2/h7-8,12-14,17,20H,5-6,9-11H2,1-4H3. The second-order valence-corrected chi connectivity index (χ2v) is 7.18. The number of nitrogens with one attached hydrogen (secondary N) is 1. The van der Waals surface area contributed by atoms with Crippen molar-refractivity contribution < 1.29 is 0 Å². The summed E-state index contributed by atoms with van der Waals surface area (Å²) < 4.78 is 1.18. The first kappa shape index (κ1) is 16.8. The van der Waals surface area contributed by atoms with Crippen LogP contribution in [-0.4, -0.2) is 25.2 Å². The number of nitrogens with zero attached hydrogens (tertiary/aromatic N) is 1. The van der Waals surface area contributed by atoms with E-state index in [4.69, 9.17) is 0 Å². The number of benzene rings is 1. The summed E-state index contributed by atoms with van der Waals surface area (Å²) in [5.74, 6) is 0.679. The number of hydrogen-bond acceptors (Lipinski definition) is 2. The minimum atomic E-state index is 0.583. The van der Waals surface area contributed by atoms with Crippen molar-refractivity contribution in [3.63, 3.8) is 0 Å². The lowest BCUT2D eigenvalue weighted by atomic mass is 9.86. The smallest absolute Gasteiger partial charge is 0.0401 e. The van der Waals surface area contributed by atoms with Gasteiger partial charge < -0.3 is 10.2 Å². The fourth-order valence-corrected chi connectivity index (χ4v) is 3.85. The predicted molar refractivity (Wildman–Crippen MR) is 96.2 cm³/mol. The average molecular weight is 353 g/mol. The van der Waals surface area contributed by atoms with Crippen LogP contribution in [0.4, 0.5) is 5.69 Å². The molecule has 1 fully saturated rings. The number of rotatable bonds is 5. The van der Waals surface area contributed by atoms with E-state index in [0.717, 1.165) is 19.5 Å². The molecule has 1 aromatic rings. The first-order chi connectivity index (χ1) is 10.1. The largest absolute Gasteiger partial charge is 0.368 e. The Morgan fingerprint density at radius 2 is 2.05 bits per heavy atom. The van der Waals surface area contributed by atoms with Crippen LogP contribution in [0, 0.1) is 5.92 Å². The van der Waals surface area contributed by atoms with Gasteiger partial charge in [-0.2, -0.15) is 0 Å². The van der Waals surface area contributed by atoms with Crippen molar-refractivity contribution >= 4 is 21.6 Å². The summed E-state index contributed by atoms with van der Waals surface area (Å²) in [5.41, 5.74) is 2.87. The van der Waals surface area contributed by atoms with Crippen molar-refractivity contribution in [1.82, 2.24) is 5.32 Å². The molecule has 118 valence electrons. The highest BCUT2D eigenvalue weighted by Gasteiger charge is 2.32. The fraction of sp³-hybridized carbons (Fsp3) is 0.667. The van der Waals surface area contributed by atoms with E-state index in [1.807, 2.05) is 0 Å². The van der Waals surface area contributed by atoms with Gasteiger partial charge in [0.1, 0.15) is 0 Å². The highest BCUT2D eigenvalue weighted by atomic mass is 79.9. The van der Waals surface area contributed by atoms with Crippen molar-refractivity contribution in [2.45, 2.75) is 59.0 Å². The SMILES string of the molecule is CCCNC1CCN(c2ccc(Br)cc2CC)C(C)C1C. The molecule has 0 spiro atoms. The summed E-state index contributed by atoms with van der Waals surface area (Å²) in [6, 6.07) is 7.98. The molecule has 3 heteroatoms. The zero-order valence-electron chi connectivity index (χ0n) is 13.8. The lowest BCUT2D eigenvalue weighted by molar-refractivity contribution is 0.271. The van der Waals surface area contributed by atoms with Gasteiger partial charge in [-0.25, -0.2) is 0 Å².